The van der Waals surface area contributed by atoms with E-state index >= 15 is 0 Å². The fourth-order valence-electron chi connectivity index (χ4n) is 3.51. The molecule has 3 saturated carbocycles. The molecular formula is C10H14O. The Morgan fingerprint density at radius 3 is 3.00 bits per heavy atom. The third kappa shape index (κ3) is 0.605. The Kier molecular flexibility index (Phi) is 0.961. The number of carbonyl (C=O) groups excluding carboxylic acids is 1. The number of Topliss-reactive ketones (excluding diaryl/α,β-unsaturated/α-hetero) is 1. The van der Waals surface area contributed by atoms with Crippen molar-refractivity contribution in [3.63, 3.8) is 0 Å². The van der Waals surface area contributed by atoms with Gasteiger partial charge in [-0.15, -0.1) is 0 Å². The number of rotatable bonds is 0. The second kappa shape index (κ2) is 1.70. The minimum Gasteiger partial charge on any atom is -0.299 e. The van der Waals surface area contributed by atoms with Crippen molar-refractivity contribution in [1.82, 2.24) is 0 Å². The maximum atomic E-state index is 11.4. The van der Waals surface area contributed by atoms with E-state index in [0.717, 1.165) is 12.3 Å². The normalized spacial score (nSPS) is 53.6. The molecule has 11 heavy (non-hydrogen) atoms. The summed E-state index contributed by atoms with van der Waals surface area (Å²) in [5.41, 5.74) is 0.579. The van der Waals surface area contributed by atoms with E-state index in [1.165, 1.54) is 32.1 Å². The first-order chi connectivity index (χ1) is 5.33. The molecule has 0 aromatic rings. The van der Waals surface area contributed by atoms with Gasteiger partial charge in [-0.2, -0.15) is 0 Å². The second-order valence-corrected chi connectivity index (χ2v) is 4.60. The van der Waals surface area contributed by atoms with Gasteiger partial charge in [-0.25, -0.2) is 0 Å². The Morgan fingerprint density at radius 2 is 2.27 bits per heavy atom. The van der Waals surface area contributed by atoms with Crippen LogP contribution in [0.25, 0.3) is 0 Å². The fourth-order valence-corrected chi connectivity index (χ4v) is 3.51. The van der Waals surface area contributed by atoms with Crippen LogP contribution >= 0.6 is 0 Å². The summed E-state index contributed by atoms with van der Waals surface area (Å²) in [6.07, 6.45) is 7.68. The quantitative estimate of drug-likeness (QED) is 0.517. The molecule has 3 aliphatic carbocycles. The summed E-state index contributed by atoms with van der Waals surface area (Å²) in [6, 6.07) is 0. The van der Waals surface area contributed by atoms with Crippen LogP contribution < -0.4 is 0 Å². The SMILES string of the molecule is O=C1CC2CCCCC23CC13. The molecule has 1 heteroatoms. The molecule has 0 radical (unpaired) electrons. The van der Waals surface area contributed by atoms with E-state index in [4.69, 9.17) is 0 Å². The Balaban J connectivity index is 1.94. The Hall–Kier alpha value is -0.330. The zero-order chi connectivity index (χ0) is 7.47. The lowest BCUT2D eigenvalue weighted by atomic mass is 9.77. The van der Waals surface area contributed by atoms with Crippen LogP contribution in [0.5, 0.6) is 0 Å². The predicted octanol–water partition coefficient (Wildman–Crippen LogP) is 2.16. The number of carbonyl (C=O) groups is 1. The van der Waals surface area contributed by atoms with Crippen molar-refractivity contribution < 1.29 is 4.79 Å². The van der Waals surface area contributed by atoms with E-state index in [0.29, 0.717) is 17.1 Å². The molecule has 3 atom stereocenters. The minimum absolute atomic E-state index is 0.535. The largest absolute Gasteiger partial charge is 0.299 e. The summed E-state index contributed by atoms with van der Waals surface area (Å²) in [4.78, 5) is 11.4. The van der Waals surface area contributed by atoms with Gasteiger partial charge >= 0.3 is 0 Å². The van der Waals surface area contributed by atoms with E-state index in [1.807, 2.05) is 0 Å². The van der Waals surface area contributed by atoms with Crippen molar-refractivity contribution in [3.8, 4) is 0 Å². The summed E-state index contributed by atoms with van der Waals surface area (Å²) in [6.45, 7) is 0. The summed E-state index contributed by atoms with van der Waals surface area (Å²) >= 11 is 0. The summed E-state index contributed by atoms with van der Waals surface area (Å²) in [5.74, 6) is 1.94. The van der Waals surface area contributed by atoms with Crippen LogP contribution in [0.3, 0.4) is 0 Å². The van der Waals surface area contributed by atoms with Crippen molar-refractivity contribution in [3.05, 3.63) is 0 Å². The highest BCUT2D eigenvalue weighted by Crippen LogP contribution is 2.70. The molecule has 0 aromatic carbocycles. The second-order valence-electron chi connectivity index (χ2n) is 4.60. The third-order valence-corrected chi connectivity index (χ3v) is 4.21. The van der Waals surface area contributed by atoms with Gasteiger partial charge in [0.25, 0.3) is 0 Å². The maximum Gasteiger partial charge on any atom is 0.136 e. The topological polar surface area (TPSA) is 17.1 Å². The molecule has 0 N–H and O–H groups in total. The molecule has 60 valence electrons. The molecule has 3 aliphatic rings. The predicted molar refractivity (Wildman–Crippen MR) is 42.1 cm³/mol. The van der Waals surface area contributed by atoms with Crippen molar-refractivity contribution in [2.75, 3.05) is 0 Å². The zero-order valence-corrected chi connectivity index (χ0v) is 6.81. The Morgan fingerprint density at radius 1 is 1.36 bits per heavy atom. The summed E-state index contributed by atoms with van der Waals surface area (Å²) in [7, 11) is 0. The van der Waals surface area contributed by atoms with Crippen LogP contribution in [0.15, 0.2) is 0 Å². The lowest BCUT2D eigenvalue weighted by molar-refractivity contribution is -0.119. The molecule has 0 aliphatic heterocycles. The molecule has 0 bridgehead atoms. The van der Waals surface area contributed by atoms with Crippen LogP contribution in [-0.4, -0.2) is 5.78 Å². The minimum atomic E-state index is 0.535. The highest BCUT2D eigenvalue weighted by Gasteiger charge is 2.66. The van der Waals surface area contributed by atoms with E-state index in [1.54, 1.807) is 0 Å². The zero-order valence-electron chi connectivity index (χ0n) is 6.81. The van der Waals surface area contributed by atoms with Crippen LogP contribution in [0.4, 0.5) is 0 Å². The van der Waals surface area contributed by atoms with Gasteiger partial charge < -0.3 is 0 Å². The van der Waals surface area contributed by atoms with Crippen molar-refractivity contribution in [1.29, 1.82) is 0 Å². The molecule has 0 amide bonds. The van der Waals surface area contributed by atoms with E-state index in [-0.39, 0.29) is 0 Å². The highest BCUT2D eigenvalue weighted by molar-refractivity contribution is 5.88. The molecule has 0 saturated heterocycles. The van der Waals surface area contributed by atoms with Crippen LogP contribution in [-0.2, 0) is 4.79 Å². The first kappa shape index (κ1) is 6.22. The summed E-state index contributed by atoms with van der Waals surface area (Å²) < 4.78 is 0. The maximum absolute atomic E-state index is 11.4. The lowest BCUT2D eigenvalue weighted by Gasteiger charge is -2.27. The average molecular weight is 150 g/mol. The highest BCUT2D eigenvalue weighted by atomic mass is 16.1. The smallest absolute Gasteiger partial charge is 0.136 e. The van der Waals surface area contributed by atoms with Gasteiger partial charge in [-0.05, 0) is 30.6 Å². The van der Waals surface area contributed by atoms with Crippen LogP contribution in [0, 0.1) is 17.3 Å². The molecule has 0 heterocycles. The van der Waals surface area contributed by atoms with Gasteiger partial charge in [-0.3, -0.25) is 4.79 Å². The van der Waals surface area contributed by atoms with Crippen molar-refractivity contribution >= 4 is 5.78 Å². The monoisotopic (exact) mass is 150 g/mol. The number of ketones is 1. The molecule has 0 aromatic heterocycles. The standard InChI is InChI=1S/C10H14O/c11-9-5-7-3-1-2-4-10(7)6-8(9)10/h7-8H,1-6H2. The molecule has 1 nitrogen and oxygen atoms in total. The molecule has 3 rings (SSSR count). The molecule has 1 spiro atoms. The number of hydrogen-bond acceptors (Lipinski definition) is 1. The van der Waals surface area contributed by atoms with Gasteiger partial charge in [0.05, 0.1) is 0 Å². The molecule has 3 unspecified atom stereocenters. The lowest BCUT2D eigenvalue weighted by Crippen LogP contribution is -2.17. The first-order valence-corrected chi connectivity index (χ1v) is 4.86. The summed E-state index contributed by atoms with van der Waals surface area (Å²) in [5, 5.41) is 0. The van der Waals surface area contributed by atoms with Gasteiger partial charge in [0, 0.05) is 12.3 Å². The van der Waals surface area contributed by atoms with E-state index in [9.17, 15) is 4.79 Å². The first-order valence-electron chi connectivity index (χ1n) is 4.86. The Bertz CT molecular complexity index is 221. The van der Waals surface area contributed by atoms with Crippen LogP contribution in [0.1, 0.15) is 38.5 Å². The molecular weight excluding hydrogens is 136 g/mol. The van der Waals surface area contributed by atoms with Crippen molar-refractivity contribution in [2.45, 2.75) is 38.5 Å². The van der Waals surface area contributed by atoms with Gasteiger partial charge in [0.15, 0.2) is 0 Å². The molecule has 3 fully saturated rings. The van der Waals surface area contributed by atoms with E-state index in [2.05, 4.69) is 0 Å². The van der Waals surface area contributed by atoms with Gasteiger partial charge in [0.2, 0.25) is 0 Å². The van der Waals surface area contributed by atoms with Gasteiger partial charge in [0.1, 0.15) is 5.78 Å². The average Bonchev–Trinajstić information content (AvgIpc) is 2.65. The Labute approximate surface area is 67.2 Å². The van der Waals surface area contributed by atoms with E-state index < -0.39 is 0 Å². The third-order valence-electron chi connectivity index (χ3n) is 4.21. The van der Waals surface area contributed by atoms with Crippen molar-refractivity contribution in [2.24, 2.45) is 17.3 Å². The fraction of sp³-hybridized carbons (Fsp3) is 0.900. The van der Waals surface area contributed by atoms with Gasteiger partial charge in [-0.1, -0.05) is 12.8 Å². The number of hydrogen-bond donors (Lipinski definition) is 0. The van der Waals surface area contributed by atoms with Crippen LogP contribution in [0.2, 0.25) is 0 Å².